The van der Waals surface area contributed by atoms with Gasteiger partial charge in [0.25, 0.3) is 0 Å². The number of aliphatic hydroxyl groups is 1. The van der Waals surface area contributed by atoms with Crippen LogP contribution in [0, 0.1) is 11.8 Å². The Hall–Kier alpha value is -1.37. The largest absolute Gasteiger partial charge is 0.381 e. The van der Waals surface area contributed by atoms with Gasteiger partial charge in [-0.3, -0.25) is 4.98 Å². The fraction of sp³-hybridized carbons (Fsp3) is 0.300. The molecule has 1 atom stereocenters. The summed E-state index contributed by atoms with van der Waals surface area (Å²) in [4.78, 5) is 3.97. The van der Waals surface area contributed by atoms with Crippen LogP contribution in [0.2, 0.25) is 0 Å². The molecule has 1 heterocycles. The fourth-order valence-electron chi connectivity index (χ4n) is 0.855. The molecule has 0 aliphatic heterocycles. The van der Waals surface area contributed by atoms with Crippen LogP contribution in [0.25, 0.3) is 0 Å². The van der Waals surface area contributed by atoms with Crippen LogP contribution in [0.3, 0.4) is 0 Å². The van der Waals surface area contributed by atoms with Gasteiger partial charge in [-0.2, -0.15) is 0 Å². The van der Waals surface area contributed by atoms with Gasteiger partial charge >= 0.3 is 0 Å². The quantitative estimate of drug-likeness (QED) is 0.604. The van der Waals surface area contributed by atoms with E-state index in [2.05, 4.69) is 16.8 Å². The summed E-state index contributed by atoms with van der Waals surface area (Å²) in [5, 5.41) is 8.92. The molecule has 0 bridgehead atoms. The topological polar surface area (TPSA) is 59.1 Å². The van der Waals surface area contributed by atoms with Crippen molar-refractivity contribution in [1.29, 1.82) is 0 Å². The minimum absolute atomic E-state index is 0.456. The highest BCUT2D eigenvalue weighted by Crippen LogP contribution is 1.99. The molecule has 1 unspecified atom stereocenters. The van der Waals surface area contributed by atoms with E-state index in [0.717, 1.165) is 11.1 Å². The first-order chi connectivity index (χ1) is 6.22. The van der Waals surface area contributed by atoms with Crippen LogP contribution in [0.5, 0.6) is 0 Å². The van der Waals surface area contributed by atoms with E-state index in [4.69, 9.17) is 10.8 Å². The van der Waals surface area contributed by atoms with Gasteiger partial charge in [-0.1, -0.05) is 11.8 Å². The molecule has 0 radical (unpaired) electrons. The molecule has 13 heavy (non-hydrogen) atoms. The number of hydrogen-bond acceptors (Lipinski definition) is 3. The van der Waals surface area contributed by atoms with Crippen LogP contribution in [0.15, 0.2) is 18.5 Å². The Morgan fingerprint density at radius 3 is 3.00 bits per heavy atom. The molecule has 0 aromatic carbocycles. The number of aromatic nitrogens is 1. The lowest BCUT2D eigenvalue weighted by molar-refractivity contribution is 0.253. The average Bonchev–Trinajstić information content (AvgIpc) is 2.15. The van der Waals surface area contributed by atoms with Crippen LogP contribution in [0.1, 0.15) is 18.1 Å². The highest BCUT2D eigenvalue weighted by atomic mass is 16.3. The lowest BCUT2D eigenvalue weighted by atomic mass is 10.2. The number of rotatable bonds is 1. The van der Waals surface area contributed by atoms with Crippen LogP contribution >= 0.6 is 0 Å². The van der Waals surface area contributed by atoms with Gasteiger partial charge in [-0.15, -0.1) is 0 Å². The predicted octanol–water partition coefficient (Wildman–Crippen LogP) is 0.273. The van der Waals surface area contributed by atoms with Crippen LogP contribution in [-0.2, 0) is 6.54 Å². The number of nitrogens with zero attached hydrogens (tertiary/aromatic N) is 1. The molecule has 0 spiro atoms. The first kappa shape index (κ1) is 9.72. The predicted molar refractivity (Wildman–Crippen MR) is 50.7 cm³/mol. The highest BCUT2D eigenvalue weighted by Gasteiger charge is 1.91. The molecule has 68 valence electrons. The molecule has 1 aromatic rings. The van der Waals surface area contributed by atoms with Gasteiger partial charge in [0.05, 0.1) is 0 Å². The minimum atomic E-state index is -0.610. The summed E-state index contributed by atoms with van der Waals surface area (Å²) in [7, 11) is 0. The molecule has 0 amide bonds. The highest BCUT2D eigenvalue weighted by molar-refractivity contribution is 5.34. The zero-order valence-corrected chi connectivity index (χ0v) is 7.49. The normalized spacial score (nSPS) is 11.6. The third-order valence-electron chi connectivity index (χ3n) is 1.46. The zero-order valence-electron chi connectivity index (χ0n) is 7.49. The Balaban J connectivity index is 2.85. The first-order valence-electron chi connectivity index (χ1n) is 4.06. The van der Waals surface area contributed by atoms with Crippen LogP contribution in [-0.4, -0.2) is 16.2 Å². The smallest absolute Gasteiger partial charge is 0.112 e. The van der Waals surface area contributed by atoms with Crippen molar-refractivity contribution in [3.05, 3.63) is 29.6 Å². The van der Waals surface area contributed by atoms with Crippen molar-refractivity contribution in [2.75, 3.05) is 0 Å². The maximum Gasteiger partial charge on any atom is 0.112 e. The van der Waals surface area contributed by atoms with Crippen molar-refractivity contribution in [2.24, 2.45) is 5.73 Å². The molecule has 0 saturated heterocycles. The third kappa shape index (κ3) is 3.24. The monoisotopic (exact) mass is 176 g/mol. The molecule has 0 aliphatic carbocycles. The third-order valence-corrected chi connectivity index (χ3v) is 1.46. The Morgan fingerprint density at radius 1 is 1.62 bits per heavy atom. The van der Waals surface area contributed by atoms with Crippen molar-refractivity contribution >= 4 is 0 Å². The van der Waals surface area contributed by atoms with E-state index in [1.165, 1.54) is 0 Å². The summed E-state index contributed by atoms with van der Waals surface area (Å²) in [6, 6.07) is 1.86. The Bertz CT molecular complexity index is 336. The Kier molecular flexibility index (Phi) is 3.44. The molecule has 1 rings (SSSR count). The first-order valence-corrected chi connectivity index (χ1v) is 4.06. The van der Waals surface area contributed by atoms with E-state index >= 15 is 0 Å². The van der Waals surface area contributed by atoms with Crippen molar-refractivity contribution in [3.8, 4) is 11.8 Å². The van der Waals surface area contributed by atoms with E-state index in [1.807, 2.05) is 6.07 Å². The minimum Gasteiger partial charge on any atom is -0.381 e. The van der Waals surface area contributed by atoms with Crippen LogP contribution < -0.4 is 5.73 Å². The maximum absolute atomic E-state index is 8.92. The van der Waals surface area contributed by atoms with Gasteiger partial charge in [0, 0.05) is 24.5 Å². The van der Waals surface area contributed by atoms with Crippen molar-refractivity contribution < 1.29 is 5.11 Å². The summed E-state index contributed by atoms with van der Waals surface area (Å²) < 4.78 is 0. The number of hydrogen-bond donors (Lipinski definition) is 2. The lowest BCUT2D eigenvalue weighted by Crippen LogP contribution is -1.97. The van der Waals surface area contributed by atoms with Gasteiger partial charge in [-0.05, 0) is 18.6 Å². The summed E-state index contributed by atoms with van der Waals surface area (Å²) in [5.41, 5.74) is 7.16. The molecular weight excluding hydrogens is 164 g/mol. The van der Waals surface area contributed by atoms with Gasteiger partial charge < -0.3 is 10.8 Å². The van der Waals surface area contributed by atoms with Crippen molar-refractivity contribution in [1.82, 2.24) is 4.98 Å². The van der Waals surface area contributed by atoms with E-state index < -0.39 is 6.10 Å². The van der Waals surface area contributed by atoms with Crippen molar-refractivity contribution in [2.45, 2.75) is 19.6 Å². The average molecular weight is 176 g/mol. The summed E-state index contributed by atoms with van der Waals surface area (Å²) >= 11 is 0. The Morgan fingerprint density at radius 2 is 2.38 bits per heavy atom. The summed E-state index contributed by atoms with van der Waals surface area (Å²) in [6.07, 6.45) is 2.74. The summed E-state index contributed by atoms with van der Waals surface area (Å²) in [5.74, 6) is 5.44. The van der Waals surface area contributed by atoms with Crippen LogP contribution in [0.4, 0.5) is 0 Å². The molecule has 0 saturated carbocycles. The SMILES string of the molecule is CC(O)C#Cc1cncc(CN)c1. The second-order valence-corrected chi connectivity index (χ2v) is 2.73. The van der Waals surface area contributed by atoms with E-state index in [1.54, 1.807) is 19.3 Å². The summed E-state index contributed by atoms with van der Waals surface area (Å²) in [6.45, 7) is 2.07. The number of aliphatic hydroxyl groups excluding tert-OH is 1. The molecule has 3 nitrogen and oxygen atoms in total. The second kappa shape index (κ2) is 4.61. The van der Waals surface area contributed by atoms with Gasteiger partial charge in [-0.25, -0.2) is 0 Å². The zero-order chi connectivity index (χ0) is 9.68. The maximum atomic E-state index is 8.92. The van der Waals surface area contributed by atoms with E-state index in [9.17, 15) is 0 Å². The van der Waals surface area contributed by atoms with E-state index in [-0.39, 0.29) is 0 Å². The molecule has 1 aromatic heterocycles. The van der Waals surface area contributed by atoms with Gasteiger partial charge in [0.15, 0.2) is 0 Å². The molecule has 0 aliphatic rings. The molecule has 3 heteroatoms. The Labute approximate surface area is 77.6 Å². The molecule has 3 N–H and O–H groups in total. The molecule has 0 fully saturated rings. The molecular formula is C10H12N2O. The van der Waals surface area contributed by atoms with Gasteiger partial charge in [0.2, 0.25) is 0 Å². The number of pyridine rings is 1. The van der Waals surface area contributed by atoms with Gasteiger partial charge in [0.1, 0.15) is 6.10 Å². The number of nitrogens with two attached hydrogens (primary N) is 1. The second-order valence-electron chi connectivity index (χ2n) is 2.73. The van der Waals surface area contributed by atoms with E-state index in [0.29, 0.717) is 6.54 Å². The van der Waals surface area contributed by atoms with Crippen molar-refractivity contribution in [3.63, 3.8) is 0 Å². The fourth-order valence-corrected chi connectivity index (χ4v) is 0.855. The standard InChI is InChI=1S/C10H12N2O/c1-8(13)2-3-9-4-10(5-11)7-12-6-9/h4,6-8,13H,5,11H2,1H3. The lowest BCUT2D eigenvalue weighted by Gasteiger charge is -1.95.